The van der Waals surface area contributed by atoms with E-state index < -0.39 is 0 Å². The summed E-state index contributed by atoms with van der Waals surface area (Å²) in [5.41, 5.74) is 4.45. The standard InChI is InChI=1S/2C9H10O2.2CH3.2Y/c2*1-8-2-4-9(5-3-8)6-11-7-10;;;;/h2*2-5,7H,6H2,1H3;2*1H3;;/q;;2*-1;;. The molecule has 2 radical (unpaired) electrons. The number of hydrogen-bond acceptors (Lipinski definition) is 4. The van der Waals surface area contributed by atoms with Crippen LogP contribution in [0.3, 0.4) is 0 Å². The Bertz CT molecular complexity index is 516. The molecular formula is C20H26O4Y2-2. The normalized spacial score (nSPS) is 7.77. The molecule has 4 nitrogen and oxygen atoms in total. The zero-order valence-corrected chi connectivity index (χ0v) is 21.7. The van der Waals surface area contributed by atoms with E-state index in [0.29, 0.717) is 26.2 Å². The van der Waals surface area contributed by atoms with Crippen LogP contribution in [0.25, 0.3) is 0 Å². The van der Waals surface area contributed by atoms with E-state index in [4.69, 9.17) is 0 Å². The average Bonchev–Trinajstić information content (AvgIpc) is 2.54. The Morgan fingerprint density at radius 2 is 0.923 bits per heavy atom. The van der Waals surface area contributed by atoms with Gasteiger partial charge in [-0.15, -0.1) is 0 Å². The minimum Gasteiger partial charge on any atom is -0.463 e. The van der Waals surface area contributed by atoms with Crippen LogP contribution in [-0.2, 0) is 97.7 Å². The number of carbonyl (C=O) groups excluding carboxylic acids is 2. The summed E-state index contributed by atoms with van der Waals surface area (Å²) >= 11 is 0. The molecule has 138 valence electrons. The number of aryl methyl sites for hydroxylation is 2. The smallest absolute Gasteiger partial charge is 0.293 e. The first-order chi connectivity index (χ1) is 10.7. The molecule has 2 aromatic carbocycles. The monoisotopic (exact) mass is 508 g/mol. The predicted molar refractivity (Wildman–Crippen MR) is 96.9 cm³/mol. The Labute approximate surface area is 208 Å². The minimum atomic E-state index is 0. The van der Waals surface area contributed by atoms with Crippen LogP contribution in [0.2, 0.25) is 0 Å². The third-order valence-corrected chi connectivity index (χ3v) is 2.88. The number of ether oxygens (including phenoxy) is 2. The van der Waals surface area contributed by atoms with Crippen molar-refractivity contribution in [1.82, 2.24) is 0 Å². The van der Waals surface area contributed by atoms with E-state index in [1.165, 1.54) is 11.1 Å². The van der Waals surface area contributed by atoms with Crippen LogP contribution in [-0.4, -0.2) is 12.9 Å². The first kappa shape index (κ1) is 33.2. The van der Waals surface area contributed by atoms with Gasteiger partial charge in [0.1, 0.15) is 13.2 Å². The Balaban J connectivity index is -0.000000161. The number of hydrogen-bond donors (Lipinski definition) is 0. The summed E-state index contributed by atoms with van der Waals surface area (Å²) in [7, 11) is 0. The Hall–Kier alpha value is -0.412. The molecule has 0 atom stereocenters. The first-order valence-corrected chi connectivity index (χ1v) is 6.87. The van der Waals surface area contributed by atoms with Gasteiger partial charge in [-0.25, -0.2) is 0 Å². The summed E-state index contributed by atoms with van der Waals surface area (Å²) < 4.78 is 9.16. The van der Waals surface area contributed by atoms with Gasteiger partial charge in [0.05, 0.1) is 0 Å². The molecule has 0 bridgehead atoms. The Morgan fingerprint density at radius 3 is 1.15 bits per heavy atom. The van der Waals surface area contributed by atoms with Gasteiger partial charge in [-0.2, -0.15) is 0 Å². The van der Waals surface area contributed by atoms with Crippen LogP contribution in [0.1, 0.15) is 22.3 Å². The summed E-state index contributed by atoms with van der Waals surface area (Å²) in [6, 6.07) is 15.7. The van der Waals surface area contributed by atoms with Crippen LogP contribution in [0.4, 0.5) is 0 Å². The molecule has 0 spiro atoms. The number of benzene rings is 2. The molecule has 0 heterocycles. The van der Waals surface area contributed by atoms with Gasteiger partial charge in [0.2, 0.25) is 0 Å². The van der Waals surface area contributed by atoms with Crippen molar-refractivity contribution in [2.24, 2.45) is 0 Å². The quantitative estimate of drug-likeness (QED) is 0.433. The predicted octanol–water partition coefficient (Wildman–Crippen LogP) is 4.23. The molecule has 0 fully saturated rings. The van der Waals surface area contributed by atoms with Gasteiger partial charge in [-0.3, -0.25) is 9.59 Å². The summed E-state index contributed by atoms with van der Waals surface area (Å²) in [5.74, 6) is 0. The van der Waals surface area contributed by atoms with Crippen LogP contribution in [0.15, 0.2) is 48.5 Å². The third-order valence-electron chi connectivity index (χ3n) is 2.88. The van der Waals surface area contributed by atoms with Gasteiger partial charge in [0.15, 0.2) is 0 Å². The fourth-order valence-electron chi connectivity index (χ4n) is 1.63. The van der Waals surface area contributed by atoms with Crippen molar-refractivity contribution in [2.75, 3.05) is 0 Å². The maximum absolute atomic E-state index is 9.82. The van der Waals surface area contributed by atoms with Crippen LogP contribution < -0.4 is 0 Å². The minimum absolute atomic E-state index is 0. The van der Waals surface area contributed by atoms with Gasteiger partial charge >= 0.3 is 0 Å². The summed E-state index contributed by atoms with van der Waals surface area (Å²) in [4.78, 5) is 19.6. The van der Waals surface area contributed by atoms with Gasteiger partial charge in [-0.05, 0) is 25.0 Å². The largest absolute Gasteiger partial charge is 0.463 e. The maximum Gasteiger partial charge on any atom is 0.293 e. The van der Waals surface area contributed by atoms with E-state index in [1.807, 2.05) is 62.4 Å². The van der Waals surface area contributed by atoms with Gasteiger partial charge < -0.3 is 24.3 Å². The van der Waals surface area contributed by atoms with Crippen molar-refractivity contribution < 1.29 is 84.5 Å². The first-order valence-electron chi connectivity index (χ1n) is 6.87. The van der Waals surface area contributed by atoms with Crippen molar-refractivity contribution in [3.05, 3.63) is 85.6 Å². The SMILES string of the molecule is Cc1ccc(COC=O)cc1.Cc1ccc(COC=O)cc1.[CH3-].[CH3-].[Y].[Y]. The zero-order chi connectivity index (χ0) is 16.2. The van der Waals surface area contributed by atoms with Gasteiger partial charge in [-0.1, -0.05) is 59.7 Å². The van der Waals surface area contributed by atoms with Crippen LogP contribution in [0.5, 0.6) is 0 Å². The van der Waals surface area contributed by atoms with E-state index in [0.717, 1.165) is 11.1 Å². The van der Waals surface area contributed by atoms with E-state index in [9.17, 15) is 9.59 Å². The van der Waals surface area contributed by atoms with Crippen LogP contribution in [0, 0.1) is 28.7 Å². The van der Waals surface area contributed by atoms with Gasteiger partial charge in [0, 0.05) is 65.4 Å². The van der Waals surface area contributed by atoms with Crippen molar-refractivity contribution in [3.63, 3.8) is 0 Å². The molecule has 0 amide bonds. The van der Waals surface area contributed by atoms with Gasteiger partial charge in [0.25, 0.3) is 12.9 Å². The molecule has 0 saturated carbocycles. The molecule has 2 rings (SSSR count). The second kappa shape index (κ2) is 20.9. The number of carbonyl (C=O) groups is 2. The van der Waals surface area contributed by atoms with Crippen molar-refractivity contribution >= 4 is 12.9 Å². The van der Waals surface area contributed by atoms with E-state index >= 15 is 0 Å². The third kappa shape index (κ3) is 15.8. The zero-order valence-electron chi connectivity index (χ0n) is 16.0. The molecule has 0 aliphatic rings. The van der Waals surface area contributed by atoms with Crippen molar-refractivity contribution in [3.8, 4) is 0 Å². The molecule has 0 unspecified atom stereocenters. The molecular weight excluding hydrogens is 482 g/mol. The fourth-order valence-corrected chi connectivity index (χ4v) is 1.63. The topological polar surface area (TPSA) is 52.6 Å². The summed E-state index contributed by atoms with van der Waals surface area (Å²) in [6.07, 6.45) is 0. The van der Waals surface area contributed by atoms with Crippen LogP contribution >= 0.6 is 0 Å². The van der Waals surface area contributed by atoms with E-state index in [2.05, 4.69) is 9.47 Å². The second-order valence-corrected chi connectivity index (χ2v) is 4.79. The molecule has 0 aliphatic carbocycles. The van der Waals surface area contributed by atoms with Crippen molar-refractivity contribution in [2.45, 2.75) is 27.1 Å². The Kier molecular flexibility index (Phi) is 26.7. The molecule has 0 N–H and O–H groups in total. The summed E-state index contributed by atoms with van der Waals surface area (Å²) in [6.45, 7) is 5.68. The van der Waals surface area contributed by atoms with E-state index in [1.54, 1.807) is 0 Å². The fraction of sp³-hybridized carbons (Fsp3) is 0.200. The molecule has 6 heteroatoms. The maximum atomic E-state index is 9.82. The molecule has 26 heavy (non-hydrogen) atoms. The average molecular weight is 508 g/mol. The summed E-state index contributed by atoms with van der Waals surface area (Å²) in [5, 5.41) is 0. The van der Waals surface area contributed by atoms with Crippen molar-refractivity contribution in [1.29, 1.82) is 0 Å². The number of rotatable bonds is 6. The molecule has 0 aliphatic heterocycles. The Morgan fingerprint density at radius 1 is 0.654 bits per heavy atom. The van der Waals surface area contributed by atoms with E-state index in [-0.39, 0.29) is 80.3 Å². The second-order valence-electron chi connectivity index (χ2n) is 4.79. The molecule has 0 saturated heterocycles. The molecule has 0 aromatic heterocycles. The molecule has 2 aromatic rings.